The van der Waals surface area contributed by atoms with Crippen LogP contribution in [0.5, 0.6) is 0 Å². The molecule has 6 heteroatoms. The molecular formula is C13H16N2O3S. The zero-order valence-electron chi connectivity index (χ0n) is 10.7. The Balaban J connectivity index is 2.32. The van der Waals surface area contributed by atoms with Crippen LogP contribution in [-0.2, 0) is 10.0 Å². The second-order valence-corrected chi connectivity index (χ2v) is 6.67. The lowest BCUT2D eigenvalue weighted by Gasteiger charge is -2.18. The first-order valence-electron chi connectivity index (χ1n) is 6.14. The van der Waals surface area contributed by atoms with Crippen molar-refractivity contribution < 1.29 is 13.5 Å². The van der Waals surface area contributed by atoms with Crippen molar-refractivity contribution in [3.05, 3.63) is 29.8 Å². The summed E-state index contributed by atoms with van der Waals surface area (Å²) in [5, 5.41) is 18.5. The molecule has 2 atom stereocenters. The summed E-state index contributed by atoms with van der Waals surface area (Å²) >= 11 is 0. The largest absolute Gasteiger partial charge is 0.393 e. The van der Waals surface area contributed by atoms with E-state index in [1.165, 1.54) is 16.4 Å². The molecule has 1 heterocycles. The van der Waals surface area contributed by atoms with E-state index in [-0.39, 0.29) is 16.4 Å². The van der Waals surface area contributed by atoms with Crippen LogP contribution in [-0.4, -0.2) is 37.0 Å². The Morgan fingerprint density at radius 3 is 2.74 bits per heavy atom. The minimum absolute atomic E-state index is 0.0379. The highest BCUT2D eigenvalue weighted by molar-refractivity contribution is 7.89. The van der Waals surface area contributed by atoms with Crippen LogP contribution >= 0.6 is 0 Å². The van der Waals surface area contributed by atoms with Crippen molar-refractivity contribution in [1.82, 2.24) is 4.31 Å². The molecule has 1 aromatic rings. The van der Waals surface area contributed by atoms with E-state index < -0.39 is 16.1 Å². The molecule has 0 bridgehead atoms. The van der Waals surface area contributed by atoms with Gasteiger partial charge >= 0.3 is 0 Å². The minimum Gasteiger partial charge on any atom is -0.393 e. The van der Waals surface area contributed by atoms with E-state index in [2.05, 4.69) is 0 Å². The lowest BCUT2D eigenvalue weighted by Crippen LogP contribution is -2.31. The molecule has 102 valence electrons. The van der Waals surface area contributed by atoms with Crippen molar-refractivity contribution in [3.63, 3.8) is 0 Å². The lowest BCUT2D eigenvalue weighted by molar-refractivity contribution is 0.133. The Morgan fingerprint density at radius 1 is 1.47 bits per heavy atom. The van der Waals surface area contributed by atoms with Gasteiger partial charge in [0.1, 0.15) is 6.07 Å². The monoisotopic (exact) mass is 280 g/mol. The second kappa shape index (κ2) is 5.29. The molecule has 19 heavy (non-hydrogen) atoms. The molecule has 1 aliphatic rings. The summed E-state index contributed by atoms with van der Waals surface area (Å²) in [6.45, 7) is 2.36. The quantitative estimate of drug-likeness (QED) is 0.893. The Kier molecular flexibility index (Phi) is 3.90. The van der Waals surface area contributed by atoms with Gasteiger partial charge in [0.05, 0.1) is 16.6 Å². The van der Waals surface area contributed by atoms with Gasteiger partial charge < -0.3 is 5.11 Å². The van der Waals surface area contributed by atoms with Gasteiger partial charge in [-0.15, -0.1) is 0 Å². The number of nitriles is 1. The predicted octanol–water partition coefficient (Wildman–Crippen LogP) is 0.950. The molecule has 0 radical (unpaired) electrons. The third-order valence-electron chi connectivity index (χ3n) is 3.49. The van der Waals surface area contributed by atoms with Crippen molar-refractivity contribution in [1.29, 1.82) is 5.26 Å². The molecule has 0 aromatic heterocycles. The van der Waals surface area contributed by atoms with Gasteiger partial charge in [0.2, 0.25) is 10.0 Å². The zero-order chi connectivity index (χ0) is 14.0. The van der Waals surface area contributed by atoms with Gasteiger partial charge in [-0.25, -0.2) is 8.42 Å². The number of hydrogen-bond acceptors (Lipinski definition) is 4. The first kappa shape index (κ1) is 14.0. The fourth-order valence-corrected chi connectivity index (χ4v) is 3.94. The van der Waals surface area contributed by atoms with E-state index in [4.69, 9.17) is 5.26 Å². The smallest absolute Gasteiger partial charge is 0.244 e. The molecule has 5 nitrogen and oxygen atoms in total. The maximum atomic E-state index is 12.5. The second-order valence-electron chi connectivity index (χ2n) is 4.76. The molecule has 0 spiro atoms. The summed E-state index contributed by atoms with van der Waals surface area (Å²) in [6, 6.07) is 8.09. The van der Waals surface area contributed by atoms with Crippen LogP contribution in [0, 0.1) is 17.2 Å². The molecule has 1 N–H and O–H groups in total. The van der Waals surface area contributed by atoms with Crippen LogP contribution in [0.1, 0.15) is 18.9 Å². The summed E-state index contributed by atoms with van der Waals surface area (Å²) in [6.07, 6.45) is 0.123. The van der Waals surface area contributed by atoms with Crippen LogP contribution in [0.15, 0.2) is 29.2 Å². The molecule has 2 unspecified atom stereocenters. The third kappa shape index (κ3) is 2.63. The van der Waals surface area contributed by atoms with Crippen molar-refractivity contribution in [2.24, 2.45) is 5.92 Å². The maximum Gasteiger partial charge on any atom is 0.244 e. The molecule has 0 aliphatic carbocycles. The predicted molar refractivity (Wildman–Crippen MR) is 69.7 cm³/mol. The average molecular weight is 280 g/mol. The normalized spacial score (nSPS) is 22.1. The number of rotatable bonds is 3. The van der Waals surface area contributed by atoms with Crippen LogP contribution in [0.3, 0.4) is 0 Å². The highest BCUT2D eigenvalue weighted by Gasteiger charge is 2.35. The Bertz CT molecular complexity index is 605. The third-order valence-corrected chi connectivity index (χ3v) is 5.42. The standard InChI is InChI=1S/C13H16N2O3S/c1-10(16)12-6-7-15(9-12)19(17,18)13-5-3-2-4-11(13)8-14/h2-5,10,12,16H,6-7,9H2,1H3. The highest BCUT2D eigenvalue weighted by atomic mass is 32.2. The van der Waals surface area contributed by atoms with E-state index in [9.17, 15) is 13.5 Å². The van der Waals surface area contributed by atoms with Gasteiger partial charge in [-0.3, -0.25) is 0 Å². The van der Waals surface area contributed by atoms with E-state index in [0.717, 1.165) is 0 Å². The van der Waals surface area contributed by atoms with Gasteiger partial charge in [0.25, 0.3) is 0 Å². The number of aliphatic hydroxyl groups excluding tert-OH is 1. The van der Waals surface area contributed by atoms with Gasteiger partial charge in [0.15, 0.2) is 0 Å². The first-order chi connectivity index (χ1) is 8.96. The maximum absolute atomic E-state index is 12.5. The fourth-order valence-electron chi connectivity index (χ4n) is 2.29. The van der Waals surface area contributed by atoms with Crippen LogP contribution in [0.25, 0.3) is 0 Å². The van der Waals surface area contributed by atoms with Gasteiger partial charge in [-0.2, -0.15) is 9.57 Å². The van der Waals surface area contributed by atoms with Crippen LogP contribution in [0.2, 0.25) is 0 Å². The van der Waals surface area contributed by atoms with Gasteiger partial charge in [-0.05, 0) is 31.4 Å². The Hall–Kier alpha value is -1.42. The molecule has 1 fully saturated rings. The Labute approximate surface area is 113 Å². The van der Waals surface area contributed by atoms with Crippen LogP contribution in [0.4, 0.5) is 0 Å². The van der Waals surface area contributed by atoms with E-state index in [1.54, 1.807) is 19.1 Å². The molecule has 2 rings (SSSR count). The molecule has 1 aliphatic heterocycles. The average Bonchev–Trinajstić information content (AvgIpc) is 2.89. The molecule has 0 amide bonds. The summed E-state index contributed by atoms with van der Waals surface area (Å²) in [5.41, 5.74) is 0.156. The summed E-state index contributed by atoms with van der Waals surface area (Å²) in [7, 11) is -3.65. The zero-order valence-corrected chi connectivity index (χ0v) is 11.5. The molecule has 0 saturated carbocycles. The number of aliphatic hydroxyl groups is 1. The summed E-state index contributed by atoms with van der Waals surface area (Å²) in [4.78, 5) is 0.0451. The minimum atomic E-state index is -3.65. The molecular weight excluding hydrogens is 264 g/mol. The van der Waals surface area contributed by atoms with E-state index in [0.29, 0.717) is 19.5 Å². The van der Waals surface area contributed by atoms with E-state index in [1.807, 2.05) is 6.07 Å². The van der Waals surface area contributed by atoms with Crippen LogP contribution < -0.4 is 0 Å². The molecule has 1 saturated heterocycles. The number of nitrogens with zero attached hydrogens (tertiary/aromatic N) is 2. The number of benzene rings is 1. The lowest BCUT2D eigenvalue weighted by atomic mass is 10.0. The van der Waals surface area contributed by atoms with Crippen molar-refractivity contribution in [2.45, 2.75) is 24.3 Å². The first-order valence-corrected chi connectivity index (χ1v) is 7.58. The Morgan fingerprint density at radius 2 is 2.16 bits per heavy atom. The number of hydrogen-bond donors (Lipinski definition) is 1. The topological polar surface area (TPSA) is 81.4 Å². The van der Waals surface area contributed by atoms with Crippen molar-refractivity contribution in [3.8, 4) is 6.07 Å². The van der Waals surface area contributed by atoms with Gasteiger partial charge in [-0.1, -0.05) is 12.1 Å². The van der Waals surface area contributed by atoms with Crippen molar-refractivity contribution >= 4 is 10.0 Å². The van der Waals surface area contributed by atoms with Crippen molar-refractivity contribution in [2.75, 3.05) is 13.1 Å². The summed E-state index contributed by atoms with van der Waals surface area (Å²) in [5.74, 6) is -0.0379. The number of sulfonamides is 1. The SMILES string of the molecule is CC(O)C1CCN(S(=O)(=O)c2ccccc2C#N)C1. The van der Waals surface area contributed by atoms with E-state index >= 15 is 0 Å². The fraction of sp³-hybridized carbons (Fsp3) is 0.462. The molecule has 1 aromatic carbocycles. The summed E-state index contributed by atoms with van der Waals surface area (Å²) < 4.78 is 26.3. The highest BCUT2D eigenvalue weighted by Crippen LogP contribution is 2.27. The van der Waals surface area contributed by atoms with Gasteiger partial charge in [0, 0.05) is 13.1 Å².